The van der Waals surface area contributed by atoms with Gasteiger partial charge in [0.2, 0.25) is 0 Å². The van der Waals surface area contributed by atoms with E-state index in [4.69, 9.17) is 0 Å². The van der Waals surface area contributed by atoms with E-state index < -0.39 is 0 Å². The molecule has 0 bridgehead atoms. The lowest BCUT2D eigenvalue weighted by atomic mass is 10.2. The summed E-state index contributed by atoms with van der Waals surface area (Å²) >= 11 is 0. The first-order chi connectivity index (χ1) is 10.8. The van der Waals surface area contributed by atoms with Crippen LogP contribution in [-0.2, 0) is 6.54 Å². The molecule has 0 spiro atoms. The number of aromatic amines is 1. The predicted molar refractivity (Wildman–Crippen MR) is 88.8 cm³/mol. The van der Waals surface area contributed by atoms with E-state index in [1.165, 1.54) is 43.1 Å². The van der Waals surface area contributed by atoms with Crippen molar-refractivity contribution in [3.8, 4) is 0 Å². The van der Waals surface area contributed by atoms with Gasteiger partial charge in [-0.25, -0.2) is 4.98 Å². The summed E-state index contributed by atoms with van der Waals surface area (Å²) in [6.07, 6.45) is 6.35. The van der Waals surface area contributed by atoms with Crippen molar-refractivity contribution >= 4 is 6.08 Å². The molecule has 1 aliphatic heterocycles. The summed E-state index contributed by atoms with van der Waals surface area (Å²) < 4.78 is 0. The van der Waals surface area contributed by atoms with Crippen molar-refractivity contribution in [2.24, 2.45) is 0 Å². The topological polar surface area (TPSA) is 37.6 Å². The Morgan fingerprint density at radius 2 is 1.82 bits per heavy atom. The number of hydrogen-bond acceptors (Lipinski definition) is 1. The predicted octanol–water partition coefficient (Wildman–Crippen LogP) is -0.285. The molecule has 0 aliphatic carbocycles. The second-order valence-corrected chi connectivity index (χ2v) is 6.17. The molecule has 1 aromatic heterocycles. The molecule has 1 fully saturated rings. The van der Waals surface area contributed by atoms with Crippen molar-refractivity contribution in [3.63, 3.8) is 0 Å². The summed E-state index contributed by atoms with van der Waals surface area (Å²) in [6, 6.07) is 10.5. The number of imidazole rings is 1. The van der Waals surface area contributed by atoms with Crippen LogP contribution in [0, 0.1) is 6.92 Å². The van der Waals surface area contributed by atoms with Crippen molar-refractivity contribution in [2.45, 2.75) is 13.5 Å². The number of nitrogens with one attached hydrogen (secondary N) is 3. The minimum absolute atomic E-state index is 1.06. The standard InChI is InChI=1S/C18H24N4/c1-16-18(20-15-19-16)14-22-12-10-21(11-13-22)9-5-8-17-6-3-2-4-7-17/h2-8,15H,9-14H2,1H3,(H,19,20)/p+2/b8-5+. The Kier molecular flexibility index (Phi) is 5.03. The summed E-state index contributed by atoms with van der Waals surface area (Å²) in [5.74, 6) is 0. The van der Waals surface area contributed by atoms with Crippen molar-refractivity contribution in [2.75, 3.05) is 32.7 Å². The van der Waals surface area contributed by atoms with E-state index in [-0.39, 0.29) is 0 Å². The molecule has 1 saturated heterocycles. The molecular weight excluding hydrogens is 272 g/mol. The molecule has 3 rings (SSSR count). The van der Waals surface area contributed by atoms with Crippen LogP contribution in [-0.4, -0.2) is 42.7 Å². The molecule has 0 saturated carbocycles. The quantitative estimate of drug-likeness (QED) is 0.698. The molecule has 0 radical (unpaired) electrons. The Morgan fingerprint density at radius 1 is 1.09 bits per heavy atom. The van der Waals surface area contributed by atoms with Gasteiger partial charge in [0, 0.05) is 5.69 Å². The van der Waals surface area contributed by atoms with E-state index >= 15 is 0 Å². The smallest absolute Gasteiger partial charge is 0.127 e. The molecule has 0 atom stereocenters. The van der Waals surface area contributed by atoms with Crippen LogP contribution >= 0.6 is 0 Å². The number of benzene rings is 1. The Morgan fingerprint density at radius 3 is 2.50 bits per heavy atom. The monoisotopic (exact) mass is 298 g/mol. The Balaban J connectivity index is 1.42. The lowest BCUT2D eigenvalue weighted by Gasteiger charge is -2.28. The average molecular weight is 298 g/mol. The second kappa shape index (κ2) is 7.38. The summed E-state index contributed by atoms with van der Waals surface area (Å²) in [7, 11) is 0. The molecule has 2 heterocycles. The van der Waals surface area contributed by atoms with E-state index in [2.05, 4.69) is 59.4 Å². The van der Waals surface area contributed by atoms with Crippen LogP contribution in [0.25, 0.3) is 6.08 Å². The van der Waals surface area contributed by atoms with E-state index in [1.807, 2.05) is 0 Å². The van der Waals surface area contributed by atoms with Gasteiger partial charge >= 0.3 is 0 Å². The summed E-state index contributed by atoms with van der Waals surface area (Å²) in [6.45, 7) is 9.27. The number of hydrogen-bond donors (Lipinski definition) is 3. The van der Waals surface area contributed by atoms with Gasteiger partial charge in [0.25, 0.3) is 0 Å². The lowest BCUT2D eigenvalue weighted by Crippen LogP contribution is -3.27. The van der Waals surface area contributed by atoms with Crippen LogP contribution in [0.1, 0.15) is 17.0 Å². The van der Waals surface area contributed by atoms with Gasteiger partial charge in [0.1, 0.15) is 38.4 Å². The molecule has 1 aliphatic rings. The van der Waals surface area contributed by atoms with E-state index in [1.54, 1.807) is 16.1 Å². The lowest BCUT2D eigenvalue weighted by molar-refractivity contribution is -1.02. The molecule has 3 N–H and O–H groups in total. The van der Waals surface area contributed by atoms with Gasteiger partial charge in [0.15, 0.2) is 0 Å². The van der Waals surface area contributed by atoms with E-state index in [0.29, 0.717) is 0 Å². The van der Waals surface area contributed by atoms with E-state index in [9.17, 15) is 0 Å². The van der Waals surface area contributed by atoms with Crippen LogP contribution in [0.3, 0.4) is 0 Å². The summed E-state index contributed by atoms with van der Waals surface area (Å²) in [5.41, 5.74) is 3.73. The van der Waals surface area contributed by atoms with Gasteiger partial charge < -0.3 is 14.8 Å². The average Bonchev–Trinajstić information content (AvgIpc) is 2.95. The number of aromatic nitrogens is 2. The first-order valence-electron chi connectivity index (χ1n) is 8.19. The van der Waals surface area contributed by atoms with Crippen LogP contribution in [0.4, 0.5) is 0 Å². The maximum atomic E-state index is 4.42. The number of rotatable bonds is 5. The van der Waals surface area contributed by atoms with Gasteiger partial charge in [-0.3, -0.25) is 0 Å². The molecule has 22 heavy (non-hydrogen) atoms. The Hall–Kier alpha value is -1.91. The van der Waals surface area contributed by atoms with Gasteiger partial charge in [-0.15, -0.1) is 0 Å². The number of quaternary nitrogens is 2. The largest absolute Gasteiger partial charge is 0.348 e. The third-order valence-electron chi connectivity index (χ3n) is 4.53. The minimum Gasteiger partial charge on any atom is -0.348 e. The maximum Gasteiger partial charge on any atom is 0.127 e. The van der Waals surface area contributed by atoms with Crippen molar-refractivity contribution in [3.05, 3.63) is 59.7 Å². The molecular formula is C18H26N4+2. The molecule has 0 amide bonds. The van der Waals surface area contributed by atoms with Crippen molar-refractivity contribution in [1.29, 1.82) is 0 Å². The molecule has 1 aromatic carbocycles. The van der Waals surface area contributed by atoms with Crippen molar-refractivity contribution < 1.29 is 9.80 Å². The number of aryl methyl sites for hydroxylation is 1. The fraction of sp³-hybridized carbons (Fsp3) is 0.389. The first-order valence-corrected chi connectivity index (χ1v) is 8.19. The molecule has 116 valence electrons. The van der Waals surface area contributed by atoms with Crippen LogP contribution in [0.5, 0.6) is 0 Å². The van der Waals surface area contributed by atoms with Crippen LogP contribution in [0.2, 0.25) is 0 Å². The highest BCUT2D eigenvalue weighted by Gasteiger charge is 2.23. The summed E-state index contributed by atoms with van der Waals surface area (Å²) in [4.78, 5) is 10.9. The van der Waals surface area contributed by atoms with Gasteiger partial charge in [-0.1, -0.05) is 36.4 Å². The SMILES string of the molecule is Cc1[nH]cnc1C[NH+]1CC[NH+](C/C=C/c2ccccc2)CC1. The van der Waals surface area contributed by atoms with Crippen LogP contribution in [0.15, 0.2) is 42.7 Å². The highest BCUT2D eigenvalue weighted by Crippen LogP contribution is 1.99. The molecule has 2 aromatic rings. The zero-order valence-electron chi connectivity index (χ0n) is 13.3. The fourth-order valence-electron chi connectivity index (χ4n) is 3.07. The molecule has 4 nitrogen and oxygen atoms in total. The Bertz CT molecular complexity index is 595. The zero-order chi connectivity index (χ0) is 15.2. The first kappa shape index (κ1) is 15.0. The molecule has 4 heteroatoms. The highest BCUT2D eigenvalue weighted by atomic mass is 15.3. The fourth-order valence-corrected chi connectivity index (χ4v) is 3.07. The van der Waals surface area contributed by atoms with Gasteiger partial charge in [-0.2, -0.15) is 0 Å². The molecule has 0 unspecified atom stereocenters. The maximum absolute atomic E-state index is 4.42. The number of piperazine rings is 1. The minimum atomic E-state index is 1.06. The van der Waals surface area contributed by atoms with Gasteiger partial charge in [-0.05, 0) is 18.6 Å². The third-order valence-corrected chi connectivity index (χ3v) is 4.53. The highest BCUT2D eigenvalue weighted by molar-refractivity contribution is 5.48. The van der Waals surface area contributed by atoms with Crippen LogP contribution < -0.4 is 9.80 Å². The Labute approximate surface area is 132 Å². The summed E-state index contributed by atoms with van der Waals surface area (Å²) in [5, 5.41) is 0. The second-order valence-electron chi connectivity index (χ2n) is 6.17. The third kappa shape index (κ3) is 4.06. The van der Waals surface area contributed by atoms with Crippen molar-refractivity contribution in [1.82, 2.24) is 9.97 Å². The van der Waals surface area contributed by atoms with Gasteiger partial charge in [0.05, 0.1) is 12.9 Å². The number of H-pyrrole nitrogens is 1. The zero-order valence-corrected chi connectivity index (χ0v) is 13.3. The normalized spacial score (nSPS) is 22.2. The van der Waals surface area contributed by atoms with E-state index in [0.717, 1.165) is 13.1 Å². The number of nitrogens with zero attached hydrogens (tertiary/aromatic N) is 1.